The summed E-state index contributed by atoms with van der Waals surface area (Å²) >= 11 is 0. The molecule has 0 amide bonds. The van der Waals surface area contributed by atoms with Gasteiger partial charge in [0.1, 0.15) is 0 Å². The van der Waals surface area contributed by atoms with Crippen molar-refractivity contribution in [1.29, 1.82) is 0 Å². The van der Waals surface area contributed by atoms with Gasteiger partial charge in [0, 0.05) is 25.2 Å². The third kappa shape index (κ3) is 1.66. The topological polar surface area (TPSA) is 29.3 Å². The summed E-state index contributed by atoms with van der Waals surface area (Å²) in [4.78, 5) is 2.63. The van der Waals surface area contributed by atoms with Crippen LogP contribution < -0.4 is 5.73 Å². The van der Waals surface area contributed by atoms with Gasteiger partial charge in [0.05, 0.1) is 0 Å². The SMILES string of the molecule is NCC1(N2CCc3ccccc3CC2)CC1. The van der Waals surface area contributed by atoms with Gasteiger partial charge in [-0.15, -0.1) is 0 Å². The predicted octanol–water partition coefficient (Wildman–Crippen LogP) is 1.58. The third-order valence-electron chi connectivity index (χ3n) is 4.30. The first-order valence-corrected chi connectivity index (χ1v) is 6.36. The second-order valence-electron chi connectivity index (χ2n) is 5.18. The number of nitrogens with zero attached hydrogens (tertiary/aromatic N) is 1. The first kappa shape index (κ1) is 10.3. The van der Waals surface area contributed by atoms with Crippen LogP contribution in [0.2, 0.25) is 0 Å². The molecule has 1 aliphatic carbocycles. The molecule has 1 aromatic rings. The van der Waals surface area contributed by atoms with E-state index in [0.717, 1.165) is 6.54 Å². The van der Waals surface area contributed by atoms with E-state index in [4.69, 9.17) is 5.73 Å². The van der Waals surface area contributed by atoms with E-state index in [-0.39, 0.29) is 0 Å². The van der Waals surface area contributed by atoms with Gasteiger partial charge in [0.25, 0.3) is 0 Å². The maximum absolute atomic E-state index is 5.91. The summed E-state index contributed by atoms with van der Waals surface area (Å²) in [6, 6.07) is 8.87. The van der Waals surface area contributed by atoms with Gasteiger partial charge >= 0.3 is 0 Å². The highest BCUT2D eigenvalue weighted by Gasteiger charge is 2.46. The molecule has 1 fully saturated rings. The van der Waals surface area contributed by atoms with E-state index in [1.54, 1.807) is 0 Å². The Kier molecular flexibility index (Phi) is 2.49. The minimum Gasteiger partial charge on any atom is -0.329 e. The van der Waals surface area contributed by atoms with E-state index in [2.05, 4.69) is 29.2 Å². The molecule has 0 aromatic heterocycles. The highest BCUT2D eigenvalue weighted by atomic mass is 15.2. The maximum Gasteiger partial charge on any atom is 0.0333 e. The fourth-order valence-electron chi connectivity index (χ4n) is 2.94. The molecular weight excluding hydrogens is 196 g/mol. The zero-order valence-corrected chi connectivity index (χ0v) is 9.78. The average Bonchev–Trinajstić information content (AvgIpc) is 3.12. The summed E-state index contributed by atoms with van der Waals surface area (Å²) in [5, 5.41) is 0. The van der Waals surface area contributed by atoms with Gasteiger partial charge in [-0.1, -0.05) is 24.3 Å². The van der Waals surface area contributed by atoms with E-state index in [1.807, 2.05) is 0 Å². The first-order chi connectivity index (χ1) is 7.84. The molecule has 86 valence electrons. The second-order valence-corrected chi connectivity index (χ2v) is 5.18. The largest absolute Gasteiger partial charge is 0.329 e. The third-order valence-corrected chi connectivity index (χ3v) is 4.30. The van der Waals surface area contributed by atoms with Crippen LogP contribution in [0.3, 0.4) is 0 Å². The van der Waals surface area contributed by atoms with Crippen LogP contribution in [-0.2, 0) is 12.8 Å². The molecule has 2 N–H and O–H groups in total. The van der Waals surface area contributed by atoms with Crippen LogP contribution in [0.15, 0.2) is 24.3 Å². The van der Waals surface area contributed by atoms with Crippen molar-refractivity contribution in [3.63, 3.8) is 0 Å². The highest BCUT2D eigenvalue weighted by molar-refractivity contribution is 5.29. The standard InChI is InChI=1S/C14H20N2/c15-11-14(7-8-14)16-9-5-12-3-1-2-4-13(12)6-10-16/h1-4H,5-11,15H2. The van der Waals surface area contributed by atoms with Crippen LogP contribution in [0.1, 0.15) is 24.0 Å². The number of fused-ring (bicyclic) bond motifs is 1. The molecule has 0 atom stereocenters. The molecule has 0 unspecified atom stereocenters. The quantitative estimate of drug-likeness (QED) is 0.813. The Morgan fingerprint density at radius 2 is 1.62 bits per heavy atom. The van der Waals surface area contributed by atoms with E-state index < -0.39 is 0 Å². The number of nitrogens with two attached hydrogens (primary N) is 1. The fourth-order valence-corrected chi connectivity index (χ4v) is 2.94. The lowest BCUT2D eigenvalue weighted by Crippen LogP contribution is -2.44. The van der Waals surface area contributed by atoms with Crippen LogP contribution in [-0.4, -0.2) is 30.1 Å². The molecule has 0 bridgehead atoms. The Balaban J connectivity index is 1.77. The molecule has 0 saturated heterocycles. The zero-order chi connectivity index (χ0) is 11.0. The van der Waals surface area contributed by atoms with Crippen LogP contribution >= 0.6 is 0 Å². The average molecular weight is 216 g/mol. The van der Waals surface area contributed by atoms with Gasteiger partial charge in [-0.3, -0.25) is 4.90 Å². The Hall–Kier alpha value is -0.860. The lowest BCUT2D eigenvalue weighted by molar-refractivity contribution is 0.190. The number of hydrogen-bond donors (Lipinski definition) is 1. The van der Waals surface area contributed by atoms with Gasteiger partial charge in [0.15, 0.2) is 0 Å². The molecule has 2 heteroatoms. The Labute approximate surface area is 97.4 Å². The summed E-state index contributed by atoms with van der Waals surface area (Å²) < 4.78 is 0. The fraction of sp³-hybridized carbons (Fsp3) is 0.571. The second kappa shape index (κ2) is 3.86. The molecular formula is C14H20N2. The van der Waals surface area contributed by atoms with Crippen molar-refractivity contribution in [2.45, 2.75) is 31.2 Å². The first-order valence-electron chi connectivity index (χ1n) is 6.36. The van der Waals surface area contributed by atoms with Crippen molar-refractivity contribution in [3.05, 3.63) is 35.4 Å². The molecule has 0 spiro atoms. The summed E-state index contributed by atoms with van der Waals surface area (Å²) in [5.74, 6) is 0. The van der Waals surface area contributed by atoms with Crippen molar-refractivity contribution < 1.29 is 0 Å². The maximum atomic E-state index is 5.91. The Bertz CT molecular complexity index is 355. The monoisotopic (exact) mass is 216 g/mol. The van der Waals surface area contributed by atoms with E-state index >= 15 is 0 Å². The van der Waals surface area contributed by atoms with Crippen LogP contribution in [0.5, 0.6) is 0 Å². The molecule has 1 aromatic carbocycles. The van der Waals surface area contributed by atoms with Crippen molar-refractivity contribution in [2.75, 3.05) is 19.6 Å². The molecule has 2 nitrogen and oxygen atoms in total. The van der Waals surface area contributed by atoms with Crippen LogP contribution in [0, 0.1) is 0 Å². The Morgan fingerprint density at radius 1 is 1.06 bits per heavy atom. The Morgan fingerprint density at radius 3 is 2.06 bits per heavy atom. The molecule has 1 aliphatic heterocycles. The lowest BCUT2D eigenvalue weighted by atomic mass is 10.0. The van der Waals surface area contributed by atoms with E-state index in [9.17, 15) is 0 Å². The highest BCUT2D eigenvalue weighted by Crippen LogP contribution is 2.41. The molecule has 1 saturated carbocycles. The van der Waals surface area contributed by atoms with Gasteiger partial charge < -0.3 is 5.73 Å². The molecule has 16 heavy (non-hydrogen) atoms. The van der Waals surface area contributed by atoms with Crippen LogP contribution in [0.4, 0.5) is 0 Å². The van der Waals surface area contributed by atoms with Gasteiger partial charge in [-0.2, -0.15) is 0 Å². The molecule has 2 aliphatic rings. The van der Waals surface area contributed by atoms with Crippen molar-refractivity contribution in [3.8, 4) is 0 Å². The van der Waals surface area contributed by atoms with Gasteiger partial charge in [0.2, 0.25) is 0 Å². The lowest BCUT2D eigenvalue weighted by Gasteiger charge is -2.29. The summed E-state index contributed by atoms with van der Waals surface area (Å²) in [6.45, 7) is 3.21. The van der Waals surface area contributed by atoms with Crippen molar-refractivity contribution >= 4 is 0 Å². The number of rotatable bonds is 2. The normalized spacial score (nSPS) is 23.6. The smallest absolute Gasteiger partial charge is 0.0333 e. The number of benzene rings is 1. The predicted molar refractivity (Wildman–Crippen MR) is 66.4 cm³/mol. The minimum absolute atomic E-state index is 0.377. The summed E-state index contributed by atoms with van der Waals surface area (Å²) in [7, 11) is 0. The zero-order valence-electron chi connectivity index (χ0n) is 9.78. The molecule has 1 heterocycles. The van der Waals surface area contributed by atoms with Crippen molar-refractivity contribution in [1.82, 2.24) is 4.90 Å². The summed E-state index contributed by atoms with van der Waals surface area (Å²) in [6.07, 6.45) is 5.00. The molecule has 3 rings (SSSR count). The van der Waals surface area contributed by atoms with E-state index in [1.165, 1.54) is 49.9 Å². The van der Waals surface area contributed by atoms with Gasteiger partial charge in [-0.05, 0) is 36.8 Å². The van der Waals surface area contributed by atoms with E-state index in [0.29, 0.717) is 5.54 Å². The summed E-state index contributed by atoms with van der Waals surface area (Å²) in [5.41, 5.74) is 9.37. The van der Waals surface area contributed by atoms with Crippen LogP contribution in [0.25, 0.3) is 0 Å². The number of hydrogen-bond acceptors (Lipinski definition) is 2. The van der Waals surface area contributed by atoms with Gasteiger partial charge in [-0.25, -0.2) is 0 Å². The van der Waals surface area contributed by atoms with Crippen molar-refractivity contribution in [2.24, 2.45) is 5.73 Å². The minimum atomic E-state index is 0.377. The molecule has 0 radical (unpaired) electrons.